The van der Waals surface area contributed by atoms with Crippen molar-refractivity contribution in [1.29, 1.82) is 0 Å². The van der Waals surface area contributed by atoms with Crippen molar-refractivity contribution in [2.75, 3.05) is 6.61 Å². The number of carbonyl (C=O) groups is 1. The first-order valence-corrected chi connectivity index (χ1v) is 7.77. The smallest absolute Gasteiger partial charge is 0.338 e. The van der Waals surface area contributed by atoms with Crippen molar-refractivity contribution < 1.29 is 19.7 Å². The van der Waals surface area contributed by atoms with Gasteiger partial charge in [-0.05, 0) is 30.7 Å². The van der Waals surface area contributed by atoms with E-state index in [4.69, 9.17) is 9.84 Å². The Morgan fingerprint density at radius 2 is 1.76 bits per heavy atom. The Balaban J connectivity index is 2.12. The normalized spacial score (nSPS) is 12.1. The number of phenols is 1. The molecule has 0 fully saturated rings. The molecular weight excluding hydrogens is 268 g/mol. The Labute approximate surface area is 126 Å². The highest BCUT2D eigenvalue weighted by Crippen LogP contribution is 2.12. The van der Waals surface area contributed by atoms with Gasteiger partial charge in [-0.3, -0.25) is 0 Å². The fraction of sp³-hybridized carbons (Fsp3) is 0.588. The highest BCUT2D eigenvalue weighted by atomic mass is 16.5. The molecule has 0 unspecified atom stereocenters. The van der Waals surface area contributed by atoms with Gasteiger partial charge in [-0.25, -0.2) is 4.79 Å². The van der Waals surface area contributed by atoms with Crippen LogP contribution in [-0.2, 0) is 4.74 Å². The molecular formula is C17H26O4. The molecule has 0 aliphatic rings. The Bertz CT molecular complexity index is 400. The molecule has 1 rings (SSSR count). The fourth-order valence-corrected chi connectivity index (χ4v) is 2.10. The highest BCUT2D eigenvalue weighted by molar-refractivity contribution is 5.89. The van der Waals surface area contributed by atoms with E-state index >= 15 is 0 Å². The van der Waals surface area contributed by atoms with Gasteiger partial charge in [0.2, 0.25) is 0 Å². The lowest BCUT2D eigenvalue weighted by Crippen LogP contribution is -2.13. The molecule has 0 amide bonds. The Morgan fingerprint density at radius 3 is 2.43 bits per heavy atom. The van der Waals surface area contributed by atoms with Crippen molar-refractivity contribution in [3.8, 4) is 5.75 Å². The van der Waals surface area contributed by atoms with Gasteiger partial charge >= 0.3 is 5.97 Å². The molecule has 1 aromatic carbocycles. The molecule has 0 heterocycles. The summed E-state index contributed by atoms with van der Waals surface area (Å²) in [5.74, 6) is -0.310. The summed E-state index contributed by atoms with van der Waals surface area (Å²) in [6.07, 6.45) is 6.69. The highest BCUT2D eigenvalue weighted by Gasteiger charge is 2.09. The zero-order chi connectivity index (χ0) is 15.5. The number of unbranched alkanes of at least 4 members (excludes halogenated alkanes) is 4. The largest absolute Gasteiger partial charge is 0.508 e. The molecule has 0 aromatic heterocycles. The van der Waals surface area contributed by atoms with Crippen molar-refractivity contribution in [3.05, 3.63) is 29.8 Å². The maximum Gasteiger partial charge on any atom is 0.338 e. The van der Waals surface area contributed by atoms with E-state index in [9.17, 15) is 9.90 Å². The number of hydrogen-bond acceptors (Lipinski definition) is 4. The third-order valence-electron chi connectivity index (χ3n) is 3.43. The molecule has 1 aromatic rings. The minimum atomic E-state index is -0.426. The second kappa shape index (κ2) is 10.2. The van der Waals surface area contributed by atoms with E-state index in [2.05, 4.69) is 6.92 Å². The van der Waals surface area contributed by atoms with Crippen LogP contribution in [0.2, 0.25) is 0 Å². The zero-order valence-corrected chi connectivity index (χ0v) is 12.8. The first kappa shape index (κ1) is 17.5. The quantitative estimate of drug-likeness (QED) is 0.510. The molecule has 4 nitrogen and oxygen atoms in total. The van der Waals surface area contributed by atoms with Crippen LogP contribution in [0, 0.1) is 0 Å². The van der Waals surface area contributed by atoms with E-state index in [-0.39, 0.29) is 12.4 Å². The van der Waals surface area contributed by atoms with Crippen LogP contribution in [0.1, 0.15) is 62.2 Å². The van der Waals surface area contributed by atoms with Gasteiger partial charge in [0, 0.05) is 6.42 Å². The molecule has 21 heavy (non-hydrogen) atoms. The van der Waals surface area contributed by atoms with Crippen LogP contribution in [0.25, 0.3) is 0 Å². The molecule has 118 valence electrons. The van der Waals surface area contributed by atoms with Crippen LogP contribution >= 0.6 is 0 Å². The molecule has 0 saturated carbocycles. The molecule has 0 bridgehead atoms. The van der Waals surface area contributed by atoms with E-state index in [1.54, 1.807) is 0 Å². The number of benzene rings is 1. The molecule has 0 saturated heterocycles. The van der Waals surface area contributed by atoms with E-state index in [0.29, 0.717) is 12.0 Å². The molecule has 0 radical (unpaired) electrons. The summed E-state index contributed by atoms with van der Waals surface area (Å²) in [6.45, 7) is 2.40. The van der Waals surface area contributed by atoms with Crippen LogP contribution in [0.4, 0.5) is 0 Å². The summed E-state index contributed by atoms with van der Waals surface area (Å²) in [7, 11) is 0. The predicted octanol–water partition coefficient (Wildman–Crippen LogP) is 3.66. The van der Waals surface area contributed by atoms with Crippen molar-refractivity contribution >= 4 is 5.97 Å². The average Bonchev–Trinajstić information content (AvgIpc) is 2.47. The minimum Gasteiger partial charge on any atom is -0.508 e. The second-order valence-electron chi connectivity index (χ2n) is 5.33. The van der Waals surface area contributed by atoms with Gasteiger partial charge < -0.3 is 14.9 Å². The number of rotatable bonds is 10. The van der Waals surface area contributed by atoms with Crippen LogP contribution in [0.3, 0.4) is 0 Å². The standard InChI is InChI=1S/C17H26O4/c1-2-3-4-5-6-7-15(18)12-13-21-17(20)14-8-10-16(19)11-9-14/h8-11,15,18-19H,2-7,12-13H2,1H3/t15-/m0/s1. The number of hydrogen-bond donors (Lipinski definition) is 2. The van der Waals surface area contributed by atoms with E-state index in [0.717, 1.165) is 19.3 Å². The SMILES string of the molecule is CCCCCCC[C@H](O)CCOC(=O)c1ccc(O)cc1. The summed E-state index contributed by atoms with van der Waals surface area (Å²) in [5, 5.41) is 18.9. The van der Waals surface area contributed by atoms with Gasteiger partial charge in [-0.1, -0.05) is 39.0 Å². The summed E-state index contributed by atoms with van der Waals surface area (Å²) >= 11 is 0. The second-order valence-corrected chi connectivity index (χ2v) is 5.33. The molecule has 0 spiro atoms. The van der Waals surface area contributed by atoms with Gasteiger partial charge in [0.15, 0.2) is 0 Å². The minimum absolute atomic E-state index is 0.116. The molecule has 1 atom stereocenters. The predicted molar refractivity (Wildman–Crippen MR) is 82.4 cm³/mol. The first-order chi connectivity index (χ1) is 10.1. The summed E-state index contributed by atoms with van der Waals surface area (Å²) < 4.78 is 5.10. The third kappa shape index (κ3) is 7.71. The van der Waals surface area contributed by atoms with Crippen molar-refractivity contribution in [2.24, 2.45) is 0 Å². The Morgan fingerprint density at radius 1 is 1.10 bits per heavy atom. The van der Waals surface area contributed by atoms with Gasteiger partial charge in [-0.15, -0.1) is 0 Å². The van der Waals surface area contributed by atoms with Gasteiger partial charge in [-0.2, -0.15) is 0 Å². The number of esters is 1. The van der Waals surface area contributed by atoms with Crippen molar-refractivity contribution in [1.82, 2.24) is 0 Å². The number of ether oxygens (including phenoxy) is 1. The molecule has 4 heteroatoms. The number of aromatic hydroxyl groups is 1. The maximum atomic E-state index is 11.7. The topological polar surface area (TPSA) is 66.8 Å². The van der Waals surface area contributed by atoms with Gasteiger partial charge in [0.05, 0.1) is 18.3 Å². The van der Waals surface area contributed by atoms with Crippen LogP contribution in [0.15, 0.2) is 24.3 Å². The van der Waals surface area contributed by atoms with Crippen molar-refractivity contribution in [3.63, 3.8) is 0 Å². The monoisotopic (exact) mass is 294 g/mol. The Kier molecular flexibility index (Phi) is 8.51. The van der Waals surface area contributed by atoms with Crippen LogP contribution < -0.4 is 0 Å². The lowest BCUT2D eigenvalue weighted by molar-refractivity contribution is 0.0422. The van der Waals surface area contributed by atoms with Crippen LogP contribution in [-0.4, -0.2) is 28.9 Å². The summed E-state index contributed by atoms with van der Waals surface area (Å²) in [6, 6.07) is 5.92. The molecule has 2 N–H and O–H groups in total. The number of phenolic OH excluding ortho intramolecular Hbond substituents is 1. The van der Waals surface area contributed by atoms with E-state index < -0.39 is 12.1 Å². The fourth-order valence-electron chi connectivity index (χ4n) is 2.10. The summed E-state index contributed by atoms with van der Waals surface area (Å²) in [5.41, 5.74) is 0.404. The molecule has 0 aliphatic heterocycles. The molecule has 0 aliphatic carbocycles. The van der Waals surface area contributed by atoms with E-state index in [1.165, 1.54) is 43.5 Å². The maximum absolute atomic E-state index is 11.7. The lowest BCUT2D eigenvalue weighted by Gasteiger charge is -2.11. The summed E-state index contributed by atoms with van der Waals surface area (Å²) in [4.78, 5) is 11.7. The average molecular weight is 294 g/mol. The number of carbonyl (C=O) groups excluding carboxylic acids is 1. The van der Waals surface area contributed by atoms with Crippen LogP contribution in [0.5, 0.6) is 5.75 Å². The van der Waals surface area contributed by atoms with Gasteiger partial charge in [0.1, 0.15) is 5.75 Å². The lowest BCUT2D eigenvalue weighted by atomic mass is 10.1. The number of aliphatic hydroxyl groups is 1. The Hall–Kier alpha value is -1.55. The first-order valence-electron chi connectivity index (χ1n) is 7.77. The zero-order valence-electron chi connectivity index (χ0n) is 12.8. The third-order valence-corrected chi connectivity index (χ3v) is 3.43. The van der Waals surface area contributed by atoms with Crippen molar-refractivity contribution in [2.45, 2.75) is 58.0 Å². The number of aliphatic hydroxyl groups excluding tert-OH is 1. The van der Waals surface area contributed by atoms with E-state index in [1.807, 2.05) is 0 Å². The van der Waals surface area contributed by atoms with Gasteiger partial charge in [0.25, 0.3) is 0 Å².